The Hall–Kier alpha value is -1.62. The van der Waals surface area contributed by atoms with Crippen LogP contribution in [0.15, 0.2) is 24.5 Å². The molecule has 5 heteroatoms. The molecule has 2 aromatic heterocycles. The molecule has 3 N–H and O–H groups in total. The third-order valence-corrected chi connectivity index (χ3v) is 4.27. The molecule has 0 unspecified atom stereocenters. The minimum Gasteiger partial charge on any atom is -0.363 e. The zero-order valence-electron chi connectivity index (χ0n) is 11.3. The molecule has 3 rings (SSSR count). The van der Waals surface area contributed by atoms with E-state index >= 15 is 0 Å². The van der Waals surface area contributed by atoms with Crippen molar-refractivity contribution in [2.24, 2.45) is 11.7 Å². The van der Waals surface area contributed by atoms with Gasteiger partial charge in [0.1, 0.15) is 5.82 Å². The second-order valence-corrected chi connectivity index (χ2v) is 5.74. The normalized spacial score (nSPS) is 27.6. The molecule has 1 aliphatic rings. The van der Waals surface area contributed by atoms with Gasteiger partial charge >= 0.3 is 0 Å². The van der Waals surface area contributed by atoms with Gasteiger partial charge in [0.2, 0.25) is 0 Å². The number of nitrogens with two attached hydrogens (primary N) is 1. The molecule has 0 saturated heterocycles. The average Bonchev–Trinajstić information content (AvgIpc) is 2.89. The maximum atomic E-state index is 6.02. The molecule has 0 bridgehead atoms. The highest BCUT2D eigenvalue weighted by atomic mass is 15.2. The minimum absolute atomic E-state index is 0.0118. The number of nitrogens with one attached hydrogen (secondary N) is 1. The van der Waals surface area contributed by atoms with Crippen molar-refractivity contribution in [2.45, 2.75) is 38.1 Å². The Morgan fingerprint density at radius 2 is 2.21 bits per heavy atom. The maximum Gasteiger partial charge on any atom is 0.157 e. The van der Waals surface area contributed by atoms with Crippen LogP contribution in [0.3, 0.4) is 0 Å². The van der Waals surface area contributed by atoms with E-state index in [0.29, 0.717) is 6.54 Å². The highest BCUT2D eigenvalue weighted by Gasteiger charge is 2.33. The molecule has 1 aliphatic carbocycles. The lowest BCUT2D eigenvalue weighted by molar-refractivity contribution is 0.271. The molecule has 0 radical (unpaired) electrons. The largest absolute Gasteiger partial charge is 0.363 e. The molecule has 0 aliphatic heterocycles. The standard InChI is InChI=1S/C14H21N5/c1-11-2-6-14(10-15,7-3-11)18-12-5-9-19-13(17-12)4-8-16-19/h4-5,8-9,11H,2-3,6-7,10,15H2,1H3,(H,17,18). The smallest absolute Gasteiger partial charge is 0.157 e. The summed E-state index contributed by atoms with van der Waals surface area (Å²) in [5, 5.41) is 7.73. The van der Waals surface area contributed by atoms with E-state index in [-0.39, 0.29) is 5.54 Å². The molecule has 102 valence electrons. The lowest BCUT2D eigenvalue weighted by Crippen LogP contribution is -2.48. The summed E-state index contributed by atoms with van der Waals surface area (Å²) in [5.74, 6) is 1.71. The molecule has 2 aromatic rings. The summed E-state index contributed by atoms with van der Waals surface area (Å²) in [7, 11) is 0. The van der Waals surface area contributed by atoms with Crippen molar-refractivity contribution in [1.29, 1.82) is 0 Å². The molecular weight excluding hydrogens is 238 g/mol. The highest BCUT2D eigenvalue weighted by Crippen LogP contribution is 2.33. The van der Waals surface area contributed by atoms with Crippen LogP contribution in [0.4, 0.5) is 5.82 Å². The van der Waals surface area contributed by atoms with Gasteiger partial charge in [-0.05, 0) is 37.7 Å². The average molecular weight is 259 g/mol. The molecule has 5 nitrogen and oxygen atoms in total. The summed E-state index contributed by atoms with van der Waals surface area (Å²) >= 11 is 0. The van der Waals surface area contributed by atoms with Gasteiger partial charge in [-0.15, -0.1) is 0 Å². The SMILES string of the molecule is CC1CCC(CN)(Nc2ccn3nccc3n2)CC1. The Morgan fingerprint density at radius 1 is 1.42 bits per heavy atom. The first-order valence-electron chi connectivity index (χ1n) is 6.99. The Bertz CT molecular complexity index is 554. The van der Waals surface area contributed by atoms with Crippen LogP contribution in [0.1, 0.15) is 32.6 Å². The molecule has 19 heavy (non-hydrogen) atoms. The summed E-state index contributed by atoms with van der Waals surface area (Å²) in [6.07, 6.45) is 8.40. The maximum absolute atomic E-state index is 6.02. The lowest BCUT2D eigenvalue weighted by atomic mass is 9.77. The minimum atomic E-state index is 0.0118. The number of rotatable bonds is 3. The van der Waals surface area contributed by atoms with Gasteiger partial charge in [0.25, 0.3) is 0 Å². The van der Waals surface area contributed by atoms with Crippen LogP contribution >= 0.6 is 0 Å². The van der Waals surface area contributed by atoms with Gasteiger partial charge in [0.15, 0.2) is 5.65 Å². The fourth-order valence-electron chi connectivity index (χ4n) is 2.85. The molecule has 1 saturated carbocycles. The van der Waals surface area contributed by atoms with E-state index < -0.39 is 0 Å². The van der Waals surface area contributed by atoms with E-state index in [1.165, 1.54) is 12.8 Å². The van der Waals surface area contributed by atoms with Crippen molar-refractivity contribution in [2.75, 3.05) is 11.9 Å². The number of aromatic nitrogens is 3. The van der Waals surface area contributed by atoms with Crippen LogP contribution in [0.25, 0.3) is 5.65 Å². The topological polar surface area (TPSA) is 68.2 Å². The molecule has 0 amide bonds. The van der Waals surface area contributed by atoms with E-state index in [9.17, 15) is 0 Å². The number of anilines is 1. The van der Waals surface area contributed by atoms with Crippen molar-refractivity contribution in [3.05, 3.63) is 24.5 Å². The highest BCUT2D eigenvalue weighted by molar-refractivity contribution is 5.47. The first kappa shape index (κ1) is 12.4. The first-order chi connectivity index (χ1) is 9.21. The van der Waals surface area contributed by atoms with Gasteiger partial charge in [-0.25, -0.2) is 9.50 Å². The van der Waals surface area contributed by atoms with Gasteiger partial charge in [-0.1, -0.05) is 6.92 Å². The van der Waals surface area contributed by atoms with Gasteiger partial charge in [0, 0.05) is 18.8 Å². The van der Waals surface area contributed by atoms with Gasteiger partial charge in [-0.2, -0.15) is 5.10 Å². The quantitative estimate of drug-likeness (QED) is 0.885. The molecule has 0 atom stereocenters. The van der Waals surface area contributed by atoms with Crippen molar-refractivity contribution in [3.8, 4) is 0 Å². The molecule has 0 spiro atoms. The monoisotopic (exact) mass is 259 g/mol. The summed E-state index contributed by atoms with van der Waals surface area (Å²) in [6, 6.07) is 3.87. The lowest BCUT2D eigenvalue weighted by Gasteiger charge is -2.39. The number of nitrogens with zero attached hydrogens (tertiary/aromatic N) is 3. The number of fused-ring (bicyclic) bond motifs is 1. The van der Waals surface area contributed by atoms with E-state index in [1.54, 1.807) is 10.7 Å². The van der Waals surface area contributed by atoms with Gasteiger partial charge in [0.05, 0.1) is 11.7 Å². The molecule has 0 aromatic carbocycles. The number of hydrogen-bond donors (Lipinski definition) is 2. The fourth-order valence-corrected chi connectivity index (χ4v) is 2.85. The van der Waals surface area contributed by atoms with Crippen LogP contribution in [0.2, 0.25) is 0 Å². The third-order valence-electron chi connectivity index (χ3n) is 4.27. The van der Waals surface area contributed by atoms with E-state index in [2.05, 4.69) is 22.3 Å². The van der Waals surface area contributed by atoms with Crippen molar-refractivity contribution < 1.29 is 0 Å². The summed E-state index contributed by atoms with van der Waals surface area (Å²) < 4.78 is 1.77. The van der Waals surface area contributed by atoms with Crippen molar-refractivity contribution in [1.82, 2.24) is 14.6 Å². The Labute approximate surface area is 113 Å². The zero-order valence-corrected chi connectivity index (χ0v) is 11.3. The van der Waals surface area contributed by atoms with Crippen molar-refractivity contribution in [3.63, 3.8) is 0 Å². The van der Waals surface area contributed by atoms with E-state index in [0.717, 1.165) is 30.2 Å². The zero-order chi connectivity index (χ0) is 13.3. The van der Waals surface area contributed by atoms with Crippen molar-refractivity contribution >= 4 is 11.5 Å². The van der Waals surface area contributed by atoms with Crippen LogP contribution < -0.4 is 11.1 Å². The Kier molecular flexibility index (Phi) is 3.14. The molecule has 2 heterocycles. The van der Waals surface area contributed by atoms with Crippen LogP contribution in [-0.4, -0.2) is 26.7 Å². The predicted octanol–water partition coefficient (Wildman–Crippen LogP) is 2.05. The van der Waals surface area contributed by atoms with Gasteiger partial charge in [-0.3, -0.25) is 0 Å². The Morgan fingerprint density at radius 3 is 2.95 bits per heavy atom. The van der Waals surface area contributed by atoms with Gasteiger partial charge < -0.3 is 11.1 Å². The second-order valence-electron chi connectivity index (χ2n) is 5.74. The molecule has 1 fully saturated rings. The Balaban J connectivity index is 1.81. The third kappa shape index (κ3) is 2.42. The summed E-state index contributed by atoms with van der Waals surface area (Å²) in [4.78, 5) is 4.58. The fraction of sp³-hybridized carbons (Fsp3) is 0.571. The van der Waals surface area contributed by atoms with Crippen LogP contribution in [0.5, 0.6) is 0 Å². The van der Waals surface area contributed by atoms with Crippen LogP contribution in [0, 0.1) is 5.92 Å². The van der Waals surface area contributed by atoms with Crippen LogP contribution in [-0.2, 0) is 0 Å². The summed E-state index contributed by atoms with van der Waals surface area (Å²) in [5.41, 5.74) is 6.89. The second kappa shape index (κ2) is 4.81. The summed E-state index contributed by atoms with van der Waals surface area (Å²) in [6.45, 7) is 2.98. The van der Waals surface area contributed by atoms with E-state index in [1.807, 2.05) is 18.3 Å². The molecular formula is C14H21N5. The first-order valence-corrected chi connectivity index (χ1v) is 6.99. The number of hydrogen-bond acceptors (Lipinski definition) is 4. The van der Waals surface area contributed by atoms with E-state index in [4.69, 9.17) is 5.73 Å². The predicted molar refractivity (Wildman–Crippen MR) is 76.0 cm³/mol.